The summed E-state index contributed by atoms with van der Waals surface area (Å²) in [6, 6.07) is 0. The molecule has 0 aromatic rings. The fourth-order valence-corrected chi connectivity index (χ4v) is 4.74. The summed E-state index contributed by atoms with van der Waals surface area (Å²) < 4.78 is 13.0. The van der Waals surface area contributed by atoms with Crippen LogP contribution in [0.15, 0.2) is 0 Å². The quantitative estimate of drug-likeness (QED) is 0.0706. The Hall–Kier alpha value is -1.83. The van der Waals surface area contributed by atoms with Crippen LogP contribution in [-0.4, -0.2) is 112 Å². The number of amides is 2. The van der Waals surface area contributed by atoms with Gasteiger partial charge in [-0.2, -0.15) is 25.3 Å². The van der Waals surface area contributed by atoms with E-state index in [1.807, 2.05) is 0 Å². The van der Waals surface area contributed by atoms with Crippen LogP contribution in [0.4, 0.5) is 0 Å². The van der Waals surface area contributed by atoms with Gasteiger partial charge in [0.1, 0.15) is 0 Å². The summed E-state index contributed by atoms with van der Waals surface area (Å²) in [7, 11) is 4.35. The summed E-state index contributed by atoms with van der Waals surface area (Å²) >= 11 is 9.15. The maximum Gasteiger partial charge on any atom is 0.335 e. The molecule has 43 heavy (non-hydrogen) atoms. The monoisotopic (exact) mass is 693 g/mol. The van der Waals surface area contributed by atoms with Crippen molar-refractivity contribution in [2.75, 3.05) is 46.9 Å². The Kier molecular flexibility index (Phi) is 30.7. The lowest BCUT2D eigenvalue weighted by molar-refractivity contribution is -0.198. The van der Waals surface area contributed by atoms with E-state index in [0.717, 1.165) is 18.6 Å². The van der Waals surface area contributed by atoms with Crippen LogP contribution >= 0.6 is 48.8 Å². The molecule has 1 aliphatic rings. The molecule has 1 heterocycles. The number of thioether (sulfide) groups is 2. The molecule has 14 nitrogen and oxygen atoms in total. The molecule has 0 aliphatic carbocycles. The molecule has 18 heteroatoms. The Morgan fingerprint density at radius 2 is 1.26 bits per heavy atom. The molecule has 0 saturated carbocycles. The van der Waals surface area contributed by atoms with Crippen molar-refractivity contribution in [3.63, 3.8) is 0 Å². The van der Waals surface area contributed by atoms with Crippen LogP contribution in [0.2, 0.25) is 0 Å². The van der Waals surface area contributed by atoms with Gasteiger partial charge in [0.25, 0.3) is 11.8 Å². The lowest BCUT2D eigenvalue weighted by Crippen LogP contribution is -2.32. The van der Waals surface area contributed by atoms with Crippen molar-refractivity contribution in [1.82, 2.24) is 5.06 Å². The van der Waals surface area contributed by atoms with E-state index in [-0.39, 0.29) is 69.6 Å². The fourth-order valence-electron chi connectivity index (χ4n) is 2.42. The van der Waals surface area contributed by atoms with Crippen LogP contribution in [0.25, 0.3) is 0 Å². The molecule has 0 aromatic heterocycles. The van der Waals surface area contributed by atoms with Gasteiger partial charge >= 0.3 is 17.9 Å². The molecule has 0 bridgehead atoms. The van der Waals surface area contributed by atoms with Crippen molar-refractivity contribution >= 4 is 88.7 Å². The van der Waals surface area contributed by atoms with Gasteiger partial charge in [-0.1, -0.05) is 37.4 Å². The first-order valence-electron chi connectivity index (χ1n) is 12.5. The second kappa shape index (κ2) is 28.9. The third kappa shape index (κ3) is 25.2. The predicted molar refractivity (Wildman–Crippen MR) is 168 cm³/mol. The summed E-state index contributed by atoms with van der Waals surface area (Å²) in [6.45, 7) is 0.677. The summed E-state index contributed by atoms with van der Waals surface area (Å²) in [6.07, 6.45) is 2.98. The van der Waals surface area contributed by atoms with E-state index in [9.17, 15) is 33.6 Å². The molecule has 1 rings (SSSR count). The molecule has 0 spiro atoms. The van der Waals surface area contributed by atoms with Gasteiger partial charge in [-0.15, -0.1) is 5.06 Å². The third-order valence-electron chi connectivity index (χ3n) is 4.58. The maximum absolute atomic E-state index is 11.4. The summed E-state index contributed by atoms with van der Waals surface area (Å²) in [5.74, 6) is -2.79. The fraction of sp³-hybridized carbons (Fsp3) is 0.720. The number of thiol groups is 2. The molecule has 1 saturated heterocycles. The molecule has 2 amide bonds. The highest BCUT2D eigenvalue weighted by Crippen LogP contribution is 2.27. The average Bonchev–Trinajstić information content (AvgIpc) is 3.26. The molecule has 1 unspecified atom stereocenters. The minimum absolute atomic E-state index is 0. The van der Waals surface area contributed by atoms with E-state index in [1.165, 1.54) is 21.3 Å². The molecule has 250 valence electrons. The summed E-state index contributed by atoms with van der Waals surface area (Å²) in [5, 5.41) is 16.7. The zero-order chi connectivity index (χ0) is 32.5. The second-order valence-corrected chi connectivity index (χ2v) is 11.7. The van der Waals surface area contributed by atoms with Gasteiger partial charge in [0.15, 0.2) is 14.8 Å². The molecule has 0 aromatic carbocycles. The largest absolute Gasteiger partial charge is 0.480 e. The first-order chi connectivity index (χ1) is 19.8. The SMILES string of the molecule is C.COCCC(=O)ON1C(=O)CCC1=O.COCCC(=O)SC(SC(=O)CCOC)C(=O)O.O=C(O)C(S)CCCCS. The number of aliphatic carboxylic acids is 2. The van der Waals surface area contributed by atoms with Crippen LogP contribution in [0.1, 0.15) is 58.8 Å². The normalized spacial score (nSPS) is 12.7. The van der Waals surface area contributed by atoms with Crippen LogP contribution in [-0.2, 0) is 52.6 Å². The summed E-state index contributed by atoms with van der Waals surface area (Å²) in [4.78, 5) is 81.4. The van der Waals surface area contributed by atoms with Gasteiger partial charge in [0, 0.05) is 47.0 Å². The van der Waals surface area contributed by atoms with Gasteiger partial charge in [0.2, 0.25) is 0 Å². The Balaban J connectivity index is -0.000000574. The lowest BCUT2D eigenvalue weighted by atomic mass is 10.2. The molecule has 1 fully saturated rings. The number of hydroxylamine groups is 2. The number of carbonyl (C=O) groups excluding carboxylic acids is 5. The van der Waals surface area contributed by atoms with Crippen molar-refractivity contribution < 1.29 is 62.8 Å². The zero-order valence-corrected chi connectivity index (χ0v) is 27.1. The molecule has 2 N–H and O–H groups in total. The van der Waals surface area contributed by atoms with Crippen molar-refractivity contribution in [2.24, 2.45) is 0 Å². The number of methoxy groups -OCH3 is 3. The van der Waals surface area contributed by atoms with Gasteiger partial charge in [-0.05, 0) is 18.6 Å². The van der Waals surface area contributed by atoms with E-state index < -0.39 is 39.6 Å². The first kappa shape index (κ1) is 45.6. The van der Waals surface area contributed by atoms with Crippen LogP contribution in [0.3, 0.4) is 0 Å². The van der Waals surface area contributed by atoms with Crippen molar-refractivity contribution in [2.45, 2.75) is 68.6 Å². The van der Waals surface area contributed by atoms with Crippen LogP contribution in [0.5, 0.6) is 0 Å². The number of unbranched alkanes of at least 4 members (excludes halogenated alkanes) is 1. The predicted octanol–water partition coefficient (Wildman–Crippen LogP) is 2.73. The average molecular weight is 694 g/mol. The number of carbonyl (C=O) groups is 7. The Labute approximate surface area is 271 Å². The van der Waals surface area contributed by atoms with Gasteiger partial charge in [0.05, 0.1) is 31.5 Å². The van der Waals surface area contributed by atoms with Gasteiger partial charge in [-0.3, -0.25) is 28.8 Å². The number of hydrogen-bond donors (Lipinski definition) is 4. The smallest absolute Gasteiger partial charge is 0.335 e. The number of hydrogen-bond acceptors (Lipinski definition) is 15. The highest BCUT2D eigenvalue weighted by atomic mass is 32.2. The summed E-state index contributed by atoms with van der Waals surface area (Å²) in [5.41, 5.74) is 0. The van der Waals surface area contributed by atoms with E-state index in [0.29, 0.717) is 35.0 Å². The topological polar surface area (TPSA) is 200 Å². The maximum atomic E-state index is 11.4. The Morgan fingerprint density at radius 3 is 1.63 bits per heavy atom. The van der Waals surface area contributed by atoms with E-state index in [2.05, 4.69) is 34.8 Å². The molecule has 0 radical (unpaired) electrons. The molecule has 1 atom stereocenters. The Bertz CT molecular complexity index is 838. The number of ether oxygens (including phenoxy) is 3. The van der Waals surface area contributed by atoms with E-state index in [4.69, 9.17) is 19.7 Å². The number of nitrogens with zero attached hydrogens (tertiary/aromatic N) is 1. The zero-order valence-electron chi connectivity index (χ0n) is 23.7. The van der Waals surface area contributed by atoms with Gasteiger partial charge in [-0.25, -0.2) is 4.79 Å². The third-order valence-corrected chi connectivity index (χ3v) is 7.72. The standard InChI is InChI=1S/C10H16O6S2.C8H11NO5.C6H12O2S2.CH4/c1-15-5-3-7(11)17-10(9(13)14)18-8(12)4-6-16-2;1-13-5-4-8(12)14-9-6(10)2-3-7(9)11;7-6(8)5(10)3-1-2-4-9;/h10H,3-6H2,1-2H3,(H,13,14);2-5H2,1H3;5,9-10H,1-4H2,(H,7,8);1H4. The van der Waals surface area contributed by atoms with Gasteiger partial charge < -0.3 is 29.3 Å². The molecule has 1 aliphatic heterocycles. The molecular weight excluding hydrogens is 651 g/mol. The number of carboxylic acids is 2. The number of imide groups is 1. The first-order valence-corrected chi connectivity index (χ1v) is 15.4. The highest BCUT2D eigenvalue weighted by Gasteiger charge is 2.32. The number of rotatable bonds is 18. The lowest BCUT2D eigenvalue weighted by Gasteiger charge is -2.11. The second-order valence-electron chi connectivity index (χ2n) is 8.00. The minimum atomic E-state index is -1.19. The van der Waals surface area contributed by atoms with Crippen LogP contribution < -0.4 is 0 Å². The minimum Gasteiger partial charge on any atom is -0.480 e. The van der Waals surface area contributed by atoms with Crippen molar-refractivity contribution in [3.05, 3.63) is 0 Å². The Morgan fingerprint density at radius 1 is 0.814 bits per heavy atom. The van der Waals surface area contributed by atoms with E-state index >= 15 is 0 Å². The van der Waals surface area contributed by atoms with Crippen LogP contribution in [0, 0.1) is 0 Å². The van der Waals surface area contributed by atoms with Crippen molar-refractivity contribution in [3.8, 4) is 0 Å². The molecular formula is C25H43NO13S4. The highest BCUT2D eigenvalue weighted by molar-refractivity contribution is 8.30. The van der Waals surface area contributed by atoms with Crippen molar-refractivity contribution in [1.29, 1.82) is 0 Å². The number of carboxylic acid groups (broad SMARTS) is 2. The van der Waals surface area contributed by atoms with E-state index in [1.54, 1.807) is 0 Å².